The van der Waals surface area contributed by atoms with Crippen LogP contribution in [0.2, 0.25) is 0 Å². The van der Waals surface area contributed by atoms with Crippen LogP contribution in [0.3, 0.4) is 0 Å². The first-order valence-corrected chi connectivity index (χ1v) is 7.44. The average Bonchev–Trinajstić information content (AvgIpc) is 2.37. The van der Waals surface area contributed by atoms with E-state index >= 15 is 0 Å². The molecule has 0 aliphatic rings. The van der Waals surface area contributed by atoms with Gasteiger partial charge in [-0.05, 0) is 38.1 Å². The first-order chi connectivity index (χ1) is 8.66. The van der Waals surface area contributed by atoms with Crippen LogP contribution in [0.15, 0.2) is 24.3 Å². The highest BCUT2D eigenvalue weighted by Crippen LogP contribution is 2.46. The summed E-state index contributed by atoms with van der Waals surface area (Å²) in [5, 5.41) is 9.14. The van der Waals surface area contributed by atoms with Gasteiger partial charge in [-0.1, -0.05) is 0 Å². The lowest BCUT2D eigenvalue weighted by Gasteiger charge is -2.17. The van der Waals surface area contributed by atoms with E-state index in [9.17, 15) is 4.57 Å². The Bertz CT molecular complexity index is 380. The fraction of sp³-hybridized carbons (Fsp3) is 0.500. The van der Waals surface area contributed by atoms with Crippen LogP contribution in [0, 0.1) is 0 Å². The molecule has 102 valence electrons. The Hall–Kier alpha value is -0.870. The number of ether oxygens (including phenoxy) is 1. The minimum Gasteiger partial charge on any atom is -0.491 e. The van der Waals surface area contributed by atoms with Crippen LogP contribution >= 0.6 is 7.60 Å². The number of aliphatic hydroxyl groups excluding tert-OH is 1. The maximum atomic E-state index is 12.4. The number of benzene rings is 1. The third-order valence-corrected chi connectivity index (χ3v) is 4.24. The molecule has 0 bridgehead atoms. The molecule has 0 atom stereocenters. The van der Waals surface area contributed by atoms with E-state index in [2.05, 4.69) is 0 Å². The maximum absolute atomic E-state index is 12.4. The van der Waals surface area contributed by atoms with Crippen molar-refractivity contribution in [2.24, 2.45) is 0 Å². The van der Waals surface area contributed by atoms with Crippen LogP contribution in [0.25, 0.3) is 0 Å². The predicted molar refractivity (Wildman–Crippen MR) is 69.5 cm³/mol. The van der Waals surface area contributed by atoms with Gasteiger partial charge in [-0.15, -0.1) is 0 Å². The van der Waals surface area contributed by atoms with Gasteiger partial charge in [0.25, 0.3) is 0 Å². The second-order valence-corrected chi connectivity index (χ2v) is 5.43. The molecule has 0 amide bonds. The first kappa shape index (κ1) is 15.2. The van der Waals surface area contributed by atoms with Crippen LogP contribution in [0.5, 0.6) is 5.75 Å². The molecule has 0 saturated heterocycles. The lowest BCUT2D eigenvalue weighted by molar-refractivity contribution is 0.201. The van der Waals surface area contributed by atoms with Gasteiger partial charge in [0.05, 0.1) is 25.1 Å². The van der Waals surface area contributed by atoms with E-state index < -0.39 is 7.60 Å². The summed E-state index contributed by atoms with van der Waals surface area (Å²) in [5.74, 6) is 0.604. The number of rotatable bonds is 8. The van der Waals surface area contributed by atoms with Crippen molar-refractivity contribution in [1.29, 1.82) is 0 Å². The minimum absolute atomic E-state index is 0.0435. The molecule has 0 spiro atoms. The van der Waals surface area contributed by atoms with Crippen LogP contribution in [0.1, 0.15) is 13.8 Å². The smallest absolute Gasteiger partial charge is 0.361 e. The molecule has 0 aliphatic heterocycles. The standard InChI is InChI=1S/C12H19O5P/c1-3-16-18(14,17-4-2)12-7-5-11(6-8-12)15-10-9-13/h5-8,13H,3-4,9-10H2,1-2H3. The van der Waals surface area contributed by atoms with E-state index in [1.807, 2.05) is 0 Å². The number of aliphatic hydroxyl groups is 1. The molecule has 1 rings (SSSR count). The highest BCUT2D eigenvalue weighted by molar-refractivity contribution is 7.62. The normalized spacial score (nSPS) is 11.5. The molecule has 0 unspecified atom stereocenters. The van der Waals surface area contributed by atoms with Crippen LogP contribution in [-0.2, 0) is 13.6 Å². The van der Waals surface area contributed by atoms with Crippen LogP contribution in [0.4, 0.5) is 0 Å². The minimum atomic E-state index is -3.22. The summed E-state index contributed by atoms with van der Waals surface area (Å²) in [6.45, 7) is 4.36. The Balaban J connectivity index is 2.83. The van der Waals surface area contributed by atoms with E-state index in [1.54, 1.807) is 38.1 Å². The molecule has 1 aromatic carbocycles. The van der Waals surface area contributed by atoms with Gasteiger partial charge in [0, 0.05) is 0 Å². The molecule has 0 aromatic heterocycles. The maximum Gasteiger partial charge on any atom is 0.361 e. The van der Waals surface area contributed by atoms with Gasteiger partial charge in [-0.2, -0.15) is 0 Å². The van der Waals surface area contributed by atoms with E-state index in [-0.39, 0.29) is 13.2 Å². The Morgan fingerprint density at radius 3 is 2.11 bits per heavy atom. The Morgan fingerprint density at radius 1 is 1.11 bits per heavy atom. The molecule has 5 nitrogen and oxygen atoms in total. The van der Waals surface area contributed by atoms with Crippen molar-refractivity contribution in [2.45, 2.75) is 13.8 Å². The van der Waals surface area contributed by atoms with E-state index in [4.69, 9.17) is 18.9 Å². The lowest BCUT2D eigenvalue weighted by Crippen LogP contribution is -2.11. The van der Waals surface area contributed by atoms with Crippen LogP contribution < -0.4 is 10.0 Å². The molecule has 1 N–H and O–H groups in total. The quantitative estimate of drug-likeness (QED) is 0.734. The van der Waals surface area contributed by atoms with Crippen molar-refractivity contribution in [2.75, 3.05) is 26.4 Å². The van der Waals surface area contributed by atoms with E-state index in [0.717, 1.165) is 0 Å². The largest absolute Gasteiger partial charge is 0.491 e. The predicted octanol–water partition coefficient (Wildman–Crippen LogP) is 1.95. The number of hydrogen-bond acceptors (Lipinski definition) is 5. The zero-order valence-corrected chi connectivity index (χ0v) is 11.6. The summed E-state index contributed by atoms with van der Waals surface area (Å²) in [5.41, 5.74) is 0. The first-order valence-electron chi connectivity index (χ1n) is 5.89. The van der Waals surface area contributed by atoms with E-state index in [0.29, 0.717) is 24.3 Å². The Kier molecular flexibility index (Phi) is 6.36. The molecular formula is C12H19O5P. The summed E-state index contributed by atoms with van der Waals surface area (Å²) in [6, 6.07) is 6.66. The van der Waals surface area contributed by atoms with Crippen molar-refractivity contribution < 1.29 is 23.5 Å². The van der Waals surface area contributed by atoms with Gasteiger partial charge in [-0.3, -0.25) is 4.57 Å². The summed E-state index contributed by atoms with van der Waals surface area (Å²) < 4.78 is 28.1. The molecule has 0 heterocycles. The van der Waals surface area contributed by atoms with Gasteiger partial charge in [-0.25, -0.2) is 0 Å². The van der Waals surface area contributed by atoms with E-state index in [1.165, 1.54) is 0 Å². The third kappa shape index (κ3) is 4.10. The third-order valence-electron chi connectivity index (χ3n) is 2.11. The monoisotopic (exact) mass is 274 g/mol. The summed E-state index contributed by atoms with van der Waals surface area (Å²) in [6.07, 6.45) is 0. The van der Waals surface area contributed by atoms with Crippen molar-refractivity contribution >= 4 is 12.9 Å². The van der Waals surface area contributed by atoms with Crippen molar-refractivity contribution in [3.63, 3.8) is 0 Å². The van der Waals surface area contributed by atoms with Gasteiger partial charge in [0.1, 0.15) is 12.4 Å². The summed E-state index contributed by atoms with van der Waals surface area (Å²) in [4.78, 5) is 0. The second kappa shape index (κ2) is 7.54. The Labute approximate surface area is 107 Å². The highest BCUT2D eigenvalue weighted by atomic mass is 31.2. The fourth-order valence-electron chi connectivity index (χ4n) is 1.41. The van der Waals surface area contributed by atoms with Gasteiger partial charge < -0.3 is 18.9 Å². The molecule has 1 aromatic rings. The van der Waals surface area contributed by atoms with Gasteiger partial charge >= 0.3 is 7.60 Å². The molecule has 18 heavy (non-hydrogen) atoms. The zero-order valence-electron chi connectivity index (χ0n) is 10.7. The molecule has 0 fully saturated rings. The molecule has 0 saturated carbocycles. The Morgan fingerprint density at radius 2 is 1.67 bits per heavy atom. The molecule has 6 heteroatoms. The summed E-state index contributed by atoms with van der Waals surface area (Å²) >= 11 is 0. The molecular weight excluding hydrogens is 255 g/mol. The van der Waals surface area contributed by atoms with Crippen LogP contribution in [-0.4, -0.2) is 31.5 Å². The lowest BCUT2D eigenvalue weighted by atomic mass is 10.3. The molecule has 0 aliphatic carbocycles. The topological polar surface area (TPSA) is 65.0 Å². The van der Waals surface area contributed by atoms with Gasteiger partial charge in [0.15, 0.2) is 0 Å². The SMILES string of the molecule is CCOP(=O)(OCC)c1ccc(OCCO)cc1. The average molecular weight is 274 g/mol. The summed E-state index contributed by atoms with van der Waals surface area (Å²) in [7, 11) is -3.22. The molecule has 0 radical (unpaired) electrons. The second-order valence-electron chi connectivity index (χ2n) is 3.40. The highest BCUT2D eigenvalue weighted by Gasteiger charge is 2.26. The van der Waals surface area contributed by atoms with Crippen molar-refractivity contribution in [3.8, 4) is 5.75 Å². The van der Waals surface area contributed by atoms with Crippen molar-refractivity contribution in [3.05, 3.63) is 24.3 Å². The zero-order chi connectivity index (χ0) is 13.4. The fourth-order valence-corrected chi connectivity index (χ4v) is 2.98. The number of hydrogen-bond donors (Lipinski definition) is 1. The van der Waals surface area contributed by atoms with Gasteiger partial charge in [0.2, 0.25) is 0 Å². The van der Waals surface area contributed by atoms with Crippen molar-refractivity contribution in [1.82, 2.24) is 0 Å².